The first kappa shape index (κ1) is 8.75. The number of rotatable bonds is 3. The first-order valence-electron chi connectivity index (χ1n) is 3.47. The van der Waals surface area contributed by atoms with E-state index in [-0.39, 0.29) is 0 Å². The van der Waals surface area contributed by atoms with Gasteiger partial charge in [0.2, 0.25) is 0 Å². The molecule has 0 unspecified atom stereocenters. The van der Waals surface area contributed by atoms with Crippen molar-refractivity contribution in [3.8, 4) is 0 Å². The second-order valence-corrected chi connectivity index (χ2v) is 3.52. The van der Waals surface area contributed by atoms with Crippen LogP contribution in [0.25, 0.3) is 0 Å². The minimum Gasteiger partial charge on any atom is -0.297 e. The van der Waals surface area contributed by atoms with E-state index in [2.05, 4.69) is 17.8 Å². The Morgan fingerprint density at radius 3 is 2.82 bits per heavy atom. The minimum atomic E-state index is 0.987. The summed E-state index contributed by atoms with van der Waals surface area (Å²) in [7, 11) is 0. The van der Waals surface area contributed by atoms with Crippen LogP contribution in [0.15, 0.2) is 29.2 Å². The van der Waals surface area contributed by atoms with Gasteiger partial charge in [-0.1, -0.05) is 19.1 Å². The highest BCUT2D eigenvalue weighted by molar-refractivity contribution is 7.99. The zero-order valence-electron chi connectivity index (χ0n) is 6.30. The molecule has 0 atom stereocenters. The summed E-state index contributed by atoms with van der Waals surface area (Å²) in [5, 5.41) is 0. The third-order valence-electron chi connectivity index (χ3n) is 1.29. The lowest BCUT2D eigenvalue weighted by Crippen LogP contribution is -1.83. The summed E-state index contributed by atoms with van der Waals surface area (Å²) in [4.78, 5) is 3.83. The van der Waals surface area contributed by atoms with E-state index >= 15 is 0 Å². The molecule has 1 aromatic carbocycles. The van der Waals surface area contributed by atoms with Gasteiger partial charge in [-0.2, -0.15) is 0 Å². The quantitative estimate of drug-likeness (QED) is 0.575. The van der Waals surface area contributed by atoms with E-state index in [1.807, 2.05) is 18.2 Å². The Kier molecular flexibility index (Phi) is 3.60. The molecule has 0 saturated carbocycles. The topological polar surface area (TPSA) is 12.0 Å². The Morgan fingerprint density at radius 1 is 1.45 bits per heavy atom. The summed E-state index contributed by atoms with van der Waals surface area (Å²) in [6.45, 7) is 2.12. The van der Waals surface area contributed by atoms with E-state index in [0.717, 1.165) is 11.4 Å². The first-order chi connectivity index (χ1) is 5.38. The fraction of sp³-hybridized carbons (Fsp3) is 0.250. The van der Waals surface area contributed by atoms with Crippen LogP contribution in [-0.2, 0) is 0 Å². The molecule has 0 bridgehead atoms. The Balaban J connectivity index is 2.83. The Bertz CT molecular complexity index is 227. The molecule has 0 aromatic heterocycles. The second-order valence-electron chi connectivity index (χ2n) is 2.02. The molecule has 1 nitrogen and oxygen atoms in total. The van der Waals surface area contributed by atoms with Gasteiger partial charge in [0.05, 0.1) is 5.69 Å². The minimum absolute atomic E-state index is 0.987. The Morgan fingerprint density at radius 2 is 2.18 bits per heavy atom. The smallest absolute Gasteiger partial charge is 0.0627 e. The summed E-state index contributed by atoms with van der Waals surface area (Å²) < 4.78 is 0. The van der Waals surface area contributed by atoms with Gasteiger partial charge < -0.3 is 0 Å². The fourth-order valence-corrected chi connectivity index (χ4v) is 1.81. The van der Waals surface area contributed by atoms with Crippen LogP contribution < -0.4 is 4.84 Å². The molecule has 0 aliphatic heterocycles. The molecule has 1 aromatic rings. The molecule has 0 fully saturated rings. The van der Waals surface area contributed by atoms with Gasteiger partial charge >= 0.3 is 0 Å². The number of thioether (sulfide) groups is 1. The van der Waals surface area contributed by atoms with Crippen LogP contribution >= 0.6 is 23.5 Å². The molecular formula is C8H10ClNS. The molecule has 3 heteroatoms. The highest BCUT2D eigenvalue weighted by Gasteiger charge is 1.97. The number of halogens is 1. The number of hydrogen-bond acceptors (Lipinski definition) is 2. The number of hydrogen-bond donors (Lipinski definition) is 1. The van der Waals surface area contributed by atoms with Crippen LogP contribution in [0.3, 0.4) is 0 Å². The molecule has 1 N–H and O–H groups in total. The van der Waals surface area contributed by atoms with Gasteiger partial charge in [0.1, 0.15) is 0 Å². The SMILES string of the molecule is CCSc1ccccc1NCl. The summed E-state index contributed by atoms with van der Waals surface area (Å²) in [6.07, 6.45) is 0. The van der Waals surface area contributed by atoms with Crippen molar-refractivity contribution in [1.29, 1.82) is 0 Å². The summed E-state index contributed by atoms with van der Waals surface area (Å²) in [5.41, 5.74) is 0.987. The van der Waals surface area contributed by atoms with Crippen molar-refractivity contribution < 1.29 is 0 Å². The zero-order chi connectivity index (χ0) is 8.10. The fourth-order valence-electron chi connectivity index (χ4n) is 0.826. The summed E-state index contributed by atoms with van der Waals surface area (Å²) in [6, 6.07) is 7.99. The van der Waals surface area contributed by atoms with Crippen LogP contribution in [-0.4, -0.2) is 5.75 Å². The van der Waals surface area contributed by atoms with Crippen molar-refractivity contribution in [2.75, 3.05) is 10.6 Å². The lowest BCUT2D eigenvalue weighted by molar-refractivity contribution is 1.43. The van der Waals surface area contributed by atoms with E-state index in [0.29, 0.717) is 0 Å². The van der Waals surface area contributed by atoms with Gasteiger partial charge in [0.15, 0.2) is 0 Å². The standard InChI is InChI=1S/C8H10ClNS/c1-2-11-8-6-4-3-5-7(8)10-9/h3-6,10H,2H2,1H3. The van der Waals surface area contributed by atoms with Gasteiger partial charge in [-0.3, -0.25) is 4.84 Å². The summed E-state index contributed by atoms with van der Waals surface area (Å²) in [5.74, 6) is 1.07. The highest BCUT2D eigenvalue weighted by atomic mass is 35.5. The van der Waals surface area contributed by atoms with Crippen molar-refractivity contribution in [3.05, 3.63) is 24.3 Å². The molecule has 60 valence electrons. The maximum absolute atomic E-state index is 5.50. The molecule has 0 saturated heterocycles. The largest absolute Gasteiger partial charge is 0.297 e. The van der Waals surface area contributed by atoms with Crippen LogP contribution in [0.2, 0.25) is 0 Å². The molecule has 0 aliphatic rings. The van der Waals surface area contributed by atoms with Crippen molar-refractivity contribution in [1.82, 2.24) is 0 Å². The molecule has 0 spiro atoms. The predicted octanol–water partition coefficient (Wildman–Crippen LogP) is 3.36. The van der Waals surface area contributed by atoms with Gasteiger partial charge in [-0.15, -0.1) is 11.8 Å². The summed E-state index contributed by atoms with van der Waals surface area (Å²) >= 11 is 7.28. The van der Waals surface area contributed by atoms with Crippen LogP contribution in [0.1, 0.15) is 6.92 Å². The molecule has 0 aliphatic carbocycles. The van der Waals surface area contributed by atoms with E-state index in [1.165, 1.54) is 4.90 Å². The second kappa shape index (κ2) is 4.52. The molecule has 1 rings (SSSR count). The van der Waals surface area contributed by atoms with Crippen molar-refractivity contribution >= 4 is 29.2 Å². The van der Waals surface area contributed by atoms with Crippen molar-refractivity contribution in [2.24, 2.45) is 0 Å². The molecule has 0 radical (unpaired) electrons. The van der Waals surface area contributed by atoms with Crippen LogP contribution in [0.4, 0.5) is 5.69 Å². The van der Waals surface area contributed by atoms with Gasteiger partial charge in [0.25, 0.3) is 0 Å². The van der Waals surface area contributed by atoms with E-state index in [4.69, 9.17) is 11.8 Å². The van der Waals surface area contributed by atoms with E-state index in [1.54, 1.807) is 11.8 Å². The predicted molar refractivity (Wildman–Crippen MR) is 52.3 cm³/mol. The van der Waals surface area contributed by atoms with E-state index < -0.39 is 0 Å². The maximum Gasteiger partial charge on any atom is 0.0627 e. The molecule has 0 amide bonds. The molecule has 0 heterocycles. The maximum atomic E-state index is 5.50. The number of benzene rings is 1. The molecular weight excluding hydrogens is 178 g/mol. The lowest BCUT2D eigenvalue weighted by Gasteiger charge is -2.04. The number of anilines is 1. The average Bonchev–Trinajstić information content (AvgIpc) is 2.06. The number of para-hydroxylation sites is 1. The van der Waals surface area contributed by atoms with Crippen LogP contribution in [0.5, 0.6) is 0 Å². The monoisotopic (exact) mass is 187 g/mol. The third-order valence-corrected chi connectivity index (χ3v) is 2.45. The lowest BCUT2D eigenvalue weighted by atomic mass is 10.3. The third kappa shape index (κ3) is 2.31. The van der Waals surface area contributed by atoms with E-state index in [9.17, 15) is 0 Å². The zero-order valence-corrected chi connectivity index (χ0v) is 7.88. The highest BCUT2D eigenvalue weighted by Crippen LogP contribution is 2.26. The normalized spacial score (nSPS) is 9.64. The first-order valence-corrected chi connectivity index (χ1v) is 4.83. The van der Waals surface area contributed by atoms with Gasteiger partial charge in [-0.25, -0.2) is 0 Å². The van der Waals surface area contributed by atoms with Gasteiger partial charge in [-0.05, 0) is 17.9 Å². The molecule has 11 heavy (non-hydrogen) atoms. The Hall–Kier alpha value is -0.340. The average molecular weight is 188 g/mol. The Labute approximate surface area is 76.2 Å². The number of nitrogens with one attached hydrogen (secondary N) is 1. The van der Waals surface area contributed by atoms with Crippen molar-refractivity contribution in [2.45, 2.75) is 11.8 Å². The van der Waals surface area contributed by atoms with Crippen LogP contribution in [0, 0.1) is 0 Å². The van der Waals surface area contributed by atoms with Crippen molar-refractivity contribution in [3.63, 3.8) is 0 Å². The van der Waals surface area contributed by atoms with Gasteiger partial charge in [0, 0.05) is 16.7 Å².